The van der Waals surface area contributed by atoms with Crippen LogP contribution in [-0.2, 0) is 0 Å². The van der Waals surface area contributed by atoms with Crippen LogP contribution in [0.25, 0.3) is 0 Å². The summed E-state index contributed by atoms with van der Waals surface area (Å²) in [6, 6.07) is 0. The van der Waals surface area contributed by atoms with E-state index in [0.29, 0.717) is 8.55 Å². The Hall–Kier alpha value is 0.400. The molecule has 0 N–H and O–H groups in total. The predicted octanol–water partition coefficient (Wildman–Crippen LogP) is 4.48. The number of hydrogen-bond acceptors (Lipinski definition) is 2. The van der Waals surface area contributed by atoms with Crippen molar-refractivity contribution in [1.82, 2.24) is 0 Å². The summed E-state index contributed by atoms with van der Waals surface area (Å²) in [7, 11) is 4.68. The molecule has 0 spiro atoms. The first-order chi connectivity index (χ1) is 6.27. The van der Waals surface area contributed by atoms with Gasteiger partial charge in [-0.2, -0.15) is 0 Å². The molecule has 0 saturated heterocycles. The Balaban J connectivity index is 2.17. The Bertz CT molecular complexity index is 351. The molecule has 1 saturated carbocycles. The van der Waals surface area contributed by atoms with Crippen molar-refractivity contribution in [2.75, 3.05) is 0 Å². The van der Waals surface area contributed by atoms with Crippen LogP contribution in [0.15, 0.2) is 21.0 Å². The first-order valence-corrected chi connectivity index (χ1v) is 8.54. The fourth-order valence-electron chi connectivity index (χ4n) is 2.15. The van der Waals surface area contributed by atoms with E-state index in [-0.39, 0.29) is 0 Å². The van der Waals surface area contributed by atoms with Crippen molar-refractivity contribution in [3.8, 4) is 0 Å². The molecule has 3 rings (SSSR count). The standard InChI is InChI=1S/C10H12S3/c1-6-8-4-3-5-9-7(2)12-13(11-6)10(8)9/h3-5H2,1-2H3. The molecule has 0 aromatic carbocycles. The zero-order chi connectivity index (χ0) is 9.00. The van der Waals surface area contributed by atoms with Gasteiger partial charge in [-0.15, -0.1) is 0 Å². The number of rotatable bonds is 0. The molecule has 0 aromatic rings. The Morgan fingerprint density at radius 2 is 1.54 bits per heavy atom. The molecule has 2 aliphatic heterocycles. The van der Waals surface area contributed by atoms with E-state index in [1.807, 2.05) is 0 Å². The molecular formula is C10H12S3. The van der Waals surface area contributed by atoms with Gasteiger partial charge in [-0.3, -0.25) is 0 Å². The van der Waals surface area contributed by atoms with Gasteiger partial charge in [0.1, 0.15) is 0 Å². The molecule has 13 heavy (non-hydrogen) atoms. The van der Waals surface area contributed by atoms with E-state index >= 15 is 0 Å². The van der Waals surface area contributed by atoms with Gasteiger partial charge in [0.2, 0.25) is 0 Å². The van der Waals surface area contributed by atoms with E-state index in [1.54, 1.807) is 25.8 Å². The van der Waals surface area contributed by atoms with Crippen LogP contribution in [0.5, 0.6) is 0 Å². The molecular weight excluding hydrogens is 216 g/mol. The Morgan fingerprint density at radius 3 is 2.08 bits per heavy atom. The van der Waals surface area contributed by atoms with E-state index in [2.05, 4.69) is 35.4 Å². The second-order valence-electron chi connectivity index (χ2n) is 3.65. The molecule has 0 aromatic heterocycles. The highest BCUT2D eigenvalue weighted by atomic mass is 33.5. The van der Waals surface area contributed by atoms with Gasteiger partial charge in [0, 0.05) is 4.86 Å². The van der Waals surface area contributed by atoms with Gasteiger partial charge in [-0.05, 0) is 54.1 Å². The summed E-state index contributed by atoms with van der Waals surface area (Å²) in [5.41, 5.74) is 3.41. The lowest BCUT2D eigenvalue weighted by Crippen LogP contribution is -2.09. The highest BCUT2D eigenvalue weighted by molar-refractivity contribution is 9.17. The van der Waals surface area contributed by atoms with E-state index in [1.165, 1.54) is 19.3 Å². The minimum atomic E-state index is 0.465. The fraction of sp³-hybridized carbons (Fsp3) is 0.500. The number of hydrogen-bond donors (Lipinski definition) is 0. The third kappa shape index (κ3) is 1.13. The first-order valence-electron chi connectivity index (χ1n) is 4.65. The van der Waals surface area contributed by atoms with E-state index in [4.69, 9.17) is 0 Å². The SMILES string of the molecule is CC1=C2CCCC3=C(C)SS(=C23)S1. The monoisotopic (exact) mass is 228 g/mol. The summed E-state index contributed by atoms with van der Waals surface area (Å²) in [6.07, 6.45) is 4.06. The summed E-state index contributed by atoms with van der Waals surface area (Å²) < 4.78 is 0. The van der Waals surface area contributed by atoms with Crippen molar-refractivity contribution >= 4 is 35.0 Å². The first kappa shape index (κ1) is 8.69. The predicted molar refractivity (Wildman–Crippen MR) is 67.0 cm³/mol. The molecule has 70 valence electrons. The Kier molecular flexibility index (Phi) is 1.97. The van der Waals surface area contributed by atoms with Crippen LogP contribution in [0.2, 0.25) is 0 Å². The molecule has 0 atom stereocenters. The molecule has 1 fully saturated rings. The van der Waals surface area contributed by atoms with Crippen molar-refractivity contribution in [3.63, 3.8) is 0 Å². The van der Waals surface area contributed by atoms with Crippen molar-refractivity contribution in [2.45, 2.75) is 33.1 Å². The molecule has 0 bridgehead atoms. The minimum Gasteiger partial charge on any atom is -0.0570 e. The van der Waals surface area contributed by atoms with E-state index in [0.717, 1.165) is 0 Å². The maximum atomic E-state index is 2.30. The highest BCUT2D eigenvalue weighted by Gasteiger charge is 2.33. The minimum absolute atomic E-state index is 0.465. The fourth-order valence-corrected chi connectivity index (χ4v) is 10.4. The van der Waals surface area contributed by atoms with Gasteiger partial charge < -0.3 is 0 Å². The largest absolute Gasteiger partial charge is 0.0570 e. The maximum absolute atomic E-state index is 2.30. The molecule has 3 heteroatoms. The summed E-state index contributed by atoms with van der Waals surface area (Å²) in [5.74, 6) is 0. The third-order valence-electron chi connectivity index (χ3n) is 2.82. The zero-order valence-electron chi connectivity index (χ0n) is 7.85. The van der Waals surface area contributed by atoms with Crippen LogP contribution >= 0.6 is 30.1 Å². The van der Waals surface area contributed by atoms with Gasteiger partial charge in [0.15, 0.2) is 0 Å². The lowest BCUT2D eigenvalue weighted by Gasteiger charge is -2.17. The lowest BCUT2D eigenvalue weighted by molar-refractivity contribution is 0.813. The molecule has 0 radical (unpaired) electrons. The van der Waals surface area contributed by atoms with Crippen molar-refractivity contribution in [1.29, 1.82) is 0 Å². The average molecular weight is 228 g/mol. The molecule has 0 nitrogen and oxygen atoms in total. The van der Waals surface area contributed by atoms with Crippen molar-refractivity contribution < 1.29 is 0 Å². The van der Waals surface area contributed by atoms with Crippen LogP contribution in [0.3, 0.4) is 0 Å². The second kappa shape index (κ2) is 2.94. The zero-order valence-corrected chi connectivity index (χ0v) is 10.3. The molecule has 1 aliphatic carbocycles. The lowest BCUT2D eigenvalue weighted by atomic mass is 9.89. The molecule has 0 amide bonds. The van der Waals surface area contributed by atoms with Gasteiger partial charge in [-0.1, -0.05) is 30.1 Å². The van der Waals surface area contributed by atoms with E-state index in [9.17, 15) is 0 Å². The summed E-state index contributed by atoms with van der Waals surface area (Å²) in [4.78, 5) is 4.96. The van der Waals surface area contributed by atoms with Crippen LogP contribution in [0.4, 0.5) is 0 Å². The van der Waals surface area contributed by atoms with Crippen molar-refractivity contribution in [3.05, 3.63) is 21.0 Å². The molecule has 2 heterocycles. The quantitative estimate of drug-likeness (QED) is 0.443. The summed E-state index contributed by atoms with van der Waals surface area (Å²) in [5, 5.41) is 0. The molecule has 0 unspecified atom stereocenters. The van der Waals surface area contributed by atoms with Gasteiger partial charge in [0.05, 0.1) is 0 Å². The van der Waals surface area contributed by atoms with Crippen LogP contribution in [0.1, 0.15) is 33.1 Å². The van der Waals surface area contributed by atoms with Crippen LogP contribution < -0.4 is 0 Å². The van der Waals surface area contributed by atoms with E-state index < -0.39 is 0 Å². The molecule has 3 aliphatic rings. The Morgan fingerprint density at radius 1 is 1.00 bits per heavy atom. The van der Waals surface area contributed by atoms with Crippen molar-refractivity contribution in [2.24, 2.45) is 0 Å². The smallest absolute Gasteiger partial charge is 0.0266 e. The highest BCUT2D eigenvalue weighted by Crippen LogP contribution is 2.64. The Labute approximate surface area is 89.0 Å². The number of allylic oxidation sites excluding steroid dienone is 4. The summed E-state index contributed by atoms with van der Waals surface area (Å²) >= 11 is 0. The van der Waals surface area contributed by atoms with Gasteiger partial charge >= 0.3 is 0 Å². The summed E-state index contributed by atoms with van der Waals surface area (Å²) in [6.45, 7) is 4.61. The van der Waals surface area contributed by atoms with Gasteiger partial charge in [-0.25, -0.2) is 0 Å². The van der Waals surface area contributed by atoms with Crippen LogP contribution in [0, 0.1) is 0 Å². The normalized spacial score (nSPS) is 27.7. The maximum Gasteiger partial charge on any atom is 0.0266 e. The van der Waals surface area contributed by atoms with Crippen LogP contribution in [-0.4, -0.2) is 4.86 Å². The third-order valence-corrected chi connectivity index (χ3v) is 9.57. The topological polar surface area (TPSA) is 0 Å². The average Bonchev–Trinajstić information content (AvgIpc) is 2.59. The second-order valence-corrected chi connectivity index (χ2v) is 9.72. The van der Waals surface area contributed by atoms with Gasteiger partial charge in [0.25, 0.3) is 0 Å².